The molecule has 3 nitrogen and oxygen atoms in total. The van der Waals surface area contributed by atoms with Gasteiger partial charge in [-0.1, -0.05) is 51.1 Å². The summed E-state index contributed by atoms with van der Waals surface area (Å²) >= 11 is 0. The van der Waals surface area contributed by atoms with Crippen molar-refractivity contribution >= 4 is 10.9 Å². The van der Waals surface area contributed by atoms with E-state index in [1.807, 2.05) is 0 Å². The Balaban J connectivity index is 0.000000203. The first-order valence-electron chi connectivity index (χ1n) is 6.76. The zero-order chi connectivity index (χ0) is 14.3. The van der Waals surface area contributed by atoms with Crippen molar-refractivity contribution in [2.75, 3.05) is 6.54 Å². The highest BCUT2D eigenvalue weighted by Gasteiger charge is 1.98. The summed E-state index contributed by atoms with van der Waals surface area (Å²) in [4.78, 5) is 3.24. The molecule has 2 aromatic rings. The number of para-hydroxylation sites is 1. The summed E-state index contributed by atoms with van der Waals surface area (Å²) in [7, 11) is 0. The van der Waals surface area contributed by atoms with Crippen LogP contribution in [0.2, 0.25) is 0 Å². The molecule has 0 saturated carbocycles. The molecule has 0 radical (unpaired) electrons. The quantitative estimate of drug-likeness (QED) is 0.448. The summed E-state index contributed by atoms with van der Waals surface area (Å²) in [5.41, 5.74) is 6.34. The Morgan fingerprint density at radius 1 is 1.37 bits per heavy atom. The van der Waals surface area contributed by atoms with Crippen molar-refractivity contribution in [2.24, 2.45) is 11.8 Å². The fourth-order valence-electron chi connectivity index (χ4n) is 1.76. The third-order valence-electron chi connectivity index (χ3n) is 3.20. The minimum absolute atomic E-state index is 0.533. The summed E-state index contributed by atoms with van der Waals surface area (Å²) in [6.45, 7) is 10.9. The van der Waals surface area contributed by atoms with Gasteiger partial charge in [0.15, 0.2) is 0 Å². The first-order valence-corrected chi connectivity index (χ1v) is 6.76. The average Bonchev–Trinajstić information content (AvgIpc) is 2.82. The number of hydrazine groups is 1. The van der Waals surface area contributed by atoms with Gasteiger partial charge in [-0.05, 0) is 24.0 Å². The zero-order valence-corrected chi connectivity index (χ0v) is 12.2. The molecule has 2 rings (SSSR count). The lowest BCUT2D eigenvalue weighted by Gasteiger charge is -2.06. The summed E-state index contributed by atoms with van der Waals surface area (Å²) in [6, 6.07) is 8.40. The van der Waals surface area contributed by atoms with Gasteiger partial charge in [-0.3, -0.25) is 11.3 Å². The largest absolute Gasteiger partial charge is 0.361 e. The average molecular weight is 259 g/mol. The molecule has 0 atom stereocenters. The van der Waals surface area contributed by atoms with Crippen LogP contribution in [0.25, 0.3) is 10.9 Å². The third-order valence-corrected chi connectivity index (χ3v) is 3.20. The molecule has 0 aliphatic rings. The van der Waals surface area contributed by atoms with E-state index in [1.54, 1.807) is 0 Å². The standard InChI is InChI=1S/C10H11N.C6H14N2/c1-2-8-7-11-10-6-4-3-5-9(8)10;1-5(2)6(3)4-8-7/h3-7,11H,2H2,1H3;5,8H,3-4,7H2,1-2H3. The Hall–Kier alpha value is -1.58. The molecule has 0 fully saturated rings. The highest BCUT2D eigenvalue weighted by molar-refractivity contribution is 5.82. The summed E-state index contributed by atoms with van der Waals surface area (Å²) in [5.74, 6) is 5.59. The number of hydrogen-bond donors (Lipinski definition) is 3. The maximum absolute atomic E-state index is 5.06. The van der Waals surface area contributed by atoms with Gasteiger partial charge in [0.25, 0.3) is 0 Å². The molecule has 1 aromatic carbocycles. The molecule has 1 aromatic heterocycles. The molecule has 0 unspecified atom stereocenters. The normalized spacial score (nSPS) is 10.4. The second kappa shape index (κ2) is 7.77. The van der Waals surface area contributed by atoms with Gasteiger partial charge >= 0.3 is 0 Å². The van der Waals surface area contributed by atoms with Crippen LogP contribution >= 0.6 is 0 Å². The number of nitrogens with one attached hydrogen (secondary N) is 2. The molecule has 104 valence electrons. The highest BCUT2D eigenvalue weighted by atomic mass is 15.2. The van der Waals surface area contributed by atoms with Gasteiger partial charge in [0.1, 0.15) is 0 Å². The molecule has 0 bridgehead atoms. The number of aromatic nitrogens is 1. The lowest BCUT2D eigenvalue weighted by Crippen LogP contribution is -2.25. The van der Waals surface area contributed by atoms with Crippen LogP contribution < -0.4 is 11.3 Å². The van der Waals surface area contributed by atoms with E-state index in [4.69, 9.17) is 5.84 Å². The molecule has 0 amide bonds. The van der Waals surface area contributed by atoms with Gasteiger partial charge in [0.05, 0.1) is 0 Å². The van der Waals surface area contributed by atoms with Crippen LogP contribution in [0.15, 0.2) is 42.6 Å². The van der Waals surface area contributed by atoms with Crippen molar-refractivity contribution in [1.82, 2.24) is 10.4 Å². The molecule has 0 aliphatic heterocycles. The number of aromatic amines is 1. The van der Waals surface area contributed by atoms with Gasteiger partial charge in [0.2, 0.25) is 0 Å². The fraction of sp³-hybridized carbons (Fsp3) is 0.375. The summed E-state index contributed by atoms with van der Waals surface area (Å²) in [6.07, 6.45) is 3.19. The lowest BCUT2D eigenvalue weighted by atomic mass is 10.1. The zero-order valence-electron chi connectivity index (χ0n) is 12.2. The van der Waals surface area contributed by atoms with Crippen molar-refractivity contribution < 1.29 is 0 Å². The van der Waals surface area contributed by atoms with Gasteiger partial charge in [-0.25, -0.2) is 0 Å². The van der Waals surface area contributed by atoms with Crippen LogP contribution in [0.5, 0.6) is 0 Å². The van der Waals surface area contributed by atoms with Crippen molar-refractivity contribution in [3.63, 3.8) is 0 Å². The van der Waals surface area contributed by atoms with Crippen LogP contribution in [0.3, 0.4) is 0 Å². The molecular weight excluding hydrogens is 234 g/mol. The van der Waals surface area contributed by atoms with Crippen LogP contribution in [0.1, 0.15) is 26.3 Å². The van der Waals surface area contributed by atoms with Gasteiger partial charge in [0, 0.05) is 23.6 Å². The van der Waals surface area contributed by atoms with Crippen LogP contribution in [0, 0.1) is 5.92 Å². The number of H-pyrrole nitrogens is 1. The molecule has 3 heteroatoms. The number of hydrogen-bond acceptors (Lipinski definition) is 2. The molecule has 19 heavy (non-hydrogen) atoms. The Morgan fingerprint density at radius 3 is 2.58 bits per heavy atom. The first-order chi connectivity index (χ1) is 9.10. The number of nitrogens with two attached hydrogens (primary N) is 1. The van der Waals surface area contributed by atoms with E-state index in [1.165, 1.54) is 16.5 Å². The maximum atomic E-state index is 5.06. The Labute approximate surface area is 115 Å². The van der Waals surface area contributed by atoms with E-state index in [-0.39, 0.29) is 0 Å². The van der Waals surface area contributed by atoms with E-state index >= 15 is 0 Å². The van der Waals surface area contributed by atoms with Crippen molar-refractivity contribution in [1.29, 1.82) is 0 Å². The van der Waals surface area contributed by atoms with Crippen molar-refractivity contribution in [3.05, 3.63) is 48.2 Å². The van der Waals surface area contributed by atoms with E-state index < -0.39 is 0 Å². The number of rotatable bonds is 4. The smallest absolute Gasteiger partial charge is 0.0456 e. The topological polar surface area (TPSA) is 53.8 Å². The molecular formula is C16H25N3. The van der Waals surface area contributed by atoms with E-state index in [0.717, 1.165) is 18.5 Å². The predicted molar refractivity (Wildman–Crippen MR) is 83.8 cm³/mol. The molecule has 4 N–H and O–H groups in total. The number of aryl methyl sites for hydroxylation is 1. The number of fused-ring (bicyclic) bond motifs is 1. The summed E-state index contributed by atoms with van der Waals surface area (Å²) in [5, 5.41) is 1.36. The molecule has 0 aliphatic carbocycles. The monoisotopic (exact) mass is 259 g/mol. The Kier molecular flexibility index (Phi) is 6.33. The van der Waals surface area contributed by atoms with E-state index in [0.29, 0.717) is 5.92 Å². The maximum Gasteiger partial charge on any atom is 0.0456 e. The number of benzene rings is 1. The van der Waals surface area contributed by atoms with Crippen LogP contribution in [-0.4, -0.2) is 11.5 Å². The van der Waals surface area contributed by atoms with Crippen LogP contribution in [0.4, 0.5) is 0 Å². The van der Waals surface area contributed by atoms with Crippen LogP contribution in [-0.2, 0) is 6.42 Å². The summed E-state index contributed by atoms with van der Waals surface area (Å²) < 4.78 is 0. The highest BCUT2D eigenvalue weighted by Crippen LogP contribution is 2.17. The Morgan fingerprint density at radius 2 is 2.05 bits per heavy atom. The first kappa shape index (κ1) is 15.5. The second-order valence-corrected chi connectivity index (χ2v) is 4.91. The molecule has 1 heterocycles. The Bertz CT molecular complexity index is 511. The van der Waals surface area contributed by atoms with E-state index in [9.17, 15) is 0 Å². The minimum atomic E-state index is 0.533. The van der Waals surface area contributed by atoms with E-state index in [2.05, 4.69) is 68.2 Å². The molecule has 0 saturated heterocycles. The third kappa shape index (κ3) is 4.54. The molecule has 0 spiro atoms. The second-order valence-electron chi connectivity index (χ2n) is 4.91. The van der Waals surface area contributed by atoms with Gasteiger partial charge in [-0.2, -0.15) is 0 Å². The fourth-order valence-corrected chi connectivity index (χ4v) is 1.76. The van der Waals surface area contributed by atoms with Gasteiger partial charge in [-0.15, -0.1) is 0 Å². The van der Waals surface area contributed by atoms with Crippen molar-refractivity contribution in [2.45, 2.75) is 27.2 Å². The van der Waals surface area contributed by atoms with Crippen molar-refractivity contribution in [3.8, 4) is 0 Å². The predicted octanol–water partition coefficient (Wildman–Crippen LogP) is 3.39. The van der Waals surface area contributed by atoms with Gasteiger partial charge < -0.3 is 4.98 Å². The minimum Gasteiger partial charge on any atom is -0.361 e. The SMILES string of the molecule is C=C(CNN)C(C)C.CCc1c[nH]c2ccccc12. The lowest BCUT2D eigenvalue weighted by molar-refractivity contribution is 0.685.